The van der Waals surface area contributed by atoms with Crippen LogP contribution in [0.2, 0.25) is 0 Å². The fourth-order valence-electron chi connectivity index (χ4n) is 5.76. The van der Waals surface area contributed by atoms with Gasteiger partial charge in [0, 0.05) is 24.2 Å². The van der Waals surface area contributed by atoms with Gasteiger partial charge in [0.25, 0.3) is 0 Å². The number of methoxy groups -OCH3 is 1. The van der Waals surface area contributed by atoms with Crippen LogP contribution in [0.3, 0.4) is 0 Å². The van der Waals surface area contributed by atoms with Gasteiger partial charge in [0.2, 0.25) is 10.0 Å². The van der Waals surface area contributed by atoms with Crippen LogP contribution in [0, 0.1) is 11.8 Å². The summed E-state index contributed by atoms with van der Waals surface area (Å²) < 4.78 is 35.9. The molecule has 6 nitrogen and oxygen atoms in total. The highest BCUT2D eigenvalue weighted by Crippen LogP contribution is 2.42. The Bertz CT molecular complexity index is 1320. The molecule has 3 fully saturated rings. The molecule has 3 aliphatic rings. The molecular formula is C28H33N3O3S. The Morgan fingerprint density at radius 2 is 2.03 bits per heavy atom. The van der Waals surface area contributed by atoms with Crippen LogP contribution >= 0.6 is 0 Å². The lowest BCUT2D eigenvalue weighted by molar-refractivity contribution is 0.00490. The molecule has 1 aromatic heterocycles. The minimum absolute atomic E-state index is 0.0476. The molecule has 2 aromatic carbocycles. The predicted molar refractivity (Wildman–Crippen MR) is 139 cm³/mol. The Kier molecular flexibility index (Phi) is 6.66. The largest absolute Gasteiger partial charge is 0.497 e. The van der Waals surface area contributed by atoms with Crippen molar-refractivity contribution in [3.05, 3.63) is 78.5 Å². The third-order valence-corrected chi connectivity index (χ3v) is 9.24. The quantitative estimate of drug-likeness (QED) is 0.462. The Morgan fingerprint density at radius 3 is 2.69 bits per heavy atom. The molecule has 184 valence electrons. The highest BCUT2D eigenvalue weighted by Gasteiger charge is 2.44. The number of fused-ring (bicyclic) bond motifs is 4. The number of aryl methyl sites for hydroxylation is 1. The maximum absolute atomic E-state index is 13.7. The van der Waals surface area contributed by atoms with Gasteiger partial charge in [-0.3, -0.25) is 9.88 Å². The van der Waals surface area contributed by atoms with Crippen LogP contribution in [-0.4, -0.2) is 44.5 Å². The number of hydrogen-bond donors (Lipinski definition) is 1. The smallest absolute Gasteiger partial charge is 0.241 e. The summed E-state index contributed by atoms with van der Waals surface area (Å²) in [4.78, 5) is 7.26. The first-order chi connectivity index (χ1) is 16.9. The van der Waals surface area contributed by atoms with Crippen molar-refractivity contribution < 1.29 is 13.2 Å². The minimum atomic E-state index is -3.75. The molecule has 35 heavy (non-hydrogen) atoms. The number of sulfonamides is 1. The summed E-state index contributed by atoms with van der Waals surface area (Å²) in [6, 6.07) is 14.5. The fourth-order valence-corrected chi connectivity index (χ4v) is 7.01. The Morgan fingerprint density at radius 1 is 1.23 bits per heavy atom. The van der Waals surface area contributed by atoms with Crippen molar-refractivity contribution >= 4 is 20.9 Å². The molecule has 7 heteroatoms. The molecule has 2 bridgehead atoms. The van der Waals surface area contributed by atoms with Crippen LogP contribution in [0.1, 0.15) is 36.9 Å². The third-order valence-electron chi connectivity index (χ3n) is 7.78. The van der Waals surface area contributed by atoms with Crippen LogP contribution in [0.5, 0.6) is 5.75 Å². The van der Waals surface area contributed by atoms with Gasteiger partial charge in [0.05, 0.1) is 23.6 Å². The molecule has 4 unspecified atom stereocenters. The molecule has 5 atom stereocenters. The van der Waals surface area contributed by atoms with Crippen LogP contribution in [0.15, 0.2) is 72.3 Å². The fraction of sp³-hybridized carbons (Fsp3) is 0.393. The first-order valence-electron chi connectivity index (χ1n) is 12.3. The van der Waals surface area contributed by atoms with E-state index in [4.69, 9.17) is 4.74 Å². The van der Waals surface area contributed by atoms with Crippen molar-refractivity contribution in [1.29, 1.82) is 0 Å². The standard InChI is InChI=1S/C28H33N3O3S/c1-4-19-6-9-23(10-7-19)35(32,33)30-28(27-16-21-13-15-31(27)18-20(21)5-2)24-12-14-29-26-11-8-22(34-3)17-25(24)26/h5-12,14,17,20-21,27-28,30H,2,4,13,15-16,18H2,1,3H3/t20?,21?,27?,28-/m0/s1. The van der Waals surface area contributed by atoms with Gasteiger partial charge in [-0.2, -0.15) is 0 Å². The third kappa shape index (κ3) is 4.60. The van der Waals surface area contributed by atoms with Crippen LogP contribution in [0.25, 0.3) is 10.9 Å². The topological polar surface area (TPSA) is 71.5 Å². The molecule has 4 heterocycles. The van der Waals surface area contributed by atoms with Gasteiger partial charge in [0.1, 0.15) is 5.75 Å². The lowest BCUT2D eigenvalue weighted by Crippen LogP contribution is -2.57. The molecule has 0 amide bonds. The van der Waals surface area contributed by atoms with Crippen molar-refractivity contribution in [2.45, 2.75) is 43.2 Å². The van der Waals surface area contributed by atoms with E-state index < -0.39 is 16.1 Å². The number of ether oxygens (including phenoxy) is 1. The van der Waals surface area contributed by atoms with E-state index in [0.717, 1.165) is 60.1 Å². The predicted octanol–water partition coefficient (Wildman–Crippen LogP) is 4.72. The zero-order chi connectivity index (χ0) is 24.6. The van der Waals surface area contributed by atoms with E-state index in [1.807, 2.05) is 36.4 Å². The van der Waals surface area contributed by atoms with Gasteiger partial charge in [-0.15, -0.1) is 6.58 Å². The molecule has 0 aliphatic carbocycles. The Balaban J connectivity index is 1.59. The SMILES string of the molecule is C=CC1CN2CCC1CC2[C@@H](NS(=O)(=O)c1ccc(CC)cc1)c1ccnc2ccc(OC)cc12. The van der Waals surface area contributed by atoms with Crippen LogP contribution < -0.4 is 9.46 Å². The van der Waals surface area contributed by atoms with Gasteiger partial charge in [-0.25, -0.2) is 13.1 Å². The van der Waals surface area contributed by atoms with Crippen molar-refractivity contribution in [2.24, 2.45) is 11.8 Å². The van der Waals surface area contributed by atoms with E-state index in [-0.39, 0.29) is 10.9 Å². The molecule has 0 radical (unpaired) electrons. The van der Waals surface area contributed by atoms with Gasteiger partial charge in [-0.05, 0) is 85.2 Å². The number of nitrogens with zero attached hydrogens (tertiary/aromatic N) is 2. The molecule has 3 aromatic rings. The monoisotopic (exact) mass is 491 g/mol. The van der Waals surface area contributed by atoms with E-state index in [9.17, 15) is 8.42 Å². The number of pyridine rings is 1. The van der Waals surface area contributed by atoms with Crippen LogP contribution in [-0.2, 0) is 16.4 Å². The molecule has 6 rings (SSSR count). The van der Waals surface area contributed by atoms with Crippen molar-refractivity contribution in [3.63, 3.8) is 0 Å². The first kappa shape index (κ1) is 24.0. The summed E-state index contributed by atoms with van der Waals surface area (Å²) in [5.74, 6) is 1.69. The number of nitrogens with one attached hydrogen (secondary N) is 1. The second-order valence-corrected chi connectivity index (χ2v) is 11.3. The number of hydrogen-bond acceptors (Lipinski definition) is 5. The highest BCUT2D eigenvalue weighted by atomic mass is 32.2. The Labute approximate surface area is 208 Å². The first-order valence-corrected chi connectivity index (χ1v) is 13.8. The summed E-state index contributed by atoms with van der Waals surface area (Å²) in [5, 5.41) is 0.906. The number of piperidine rings is 3. The maximum Gasteiger partial charge on any atom is 0.241 e. The number of aromatic nitrogens is 1. The molecule has 0 spiro atoms. The van der Waals surface area contributed by atoms with Crippen molar-refractivity contribution in [1.82, 2.24) is 14.6 Å². The van der Waals surface area contributed by atoms with E-state index in [1.165, 1.54) is 0 Å². The number of rotatable bonds is 8. The zero-order valence-corrected chi connectivity index (χ0v) is 21.2. The summed E-state index contributed by atoms with van der Waals surface area (Å²) in [6.45, 7) is 7.98. The van der Waals surface area contributed by atoms with Crippen molar-refractivity contribution in [3.8, 4) is 5.75 Å². The molecule has 1 N–H and O–H groups in total. The minimum Gasteiger partial charge on any atom is -0.497 e. The highest BCUT2D eigenvalue weighted by molar-refractivity contribution is 7.89. The second kappa shape index (κ2) is 9.72. The molecule has 3 aliphatic heterocycles. The zero-order valence-electron chi connectivity index (χ0n) is 20.4. The molecule has 0 saturated carbocycles. The summed E-state index contributed by atoms with van der Waals surface area (Å²) in [5.41, 5.74) is 2.86. The lowest BCUT2D eigenvalue weighted by Gasteiger charge is -2.51. The Hall–Kier alpha value is -2.74. The average Bonchev–Trinajstić information content (AvgIpc) is 2.91. The maximum atomic E-state index is 13.7. The number of benzene rings is 2. The second-order valence-electron chi connectivity index (χ2n) is 9.63. The van der Waals surface area contributed by atoms with E-state index in [1.54, 1.807) is 25.4 Å². The van der Waals surface area contributed by atoms with Gasteiger partial charge >= 0.3 is 0 Å². The van der Waals surface area contributed by atoms with E-state index in [2.05, 4.69) is 34.2 Å². The lowest BCUT2D eigenvalue weighted by atomic mass is 9.73. The summed E-state index contributed by atoms with van der Waals surface area (Å²) >= 11 is 0. The molecular weight excluding hydrogens is 458 g/mol. The van der Waals surface area contributed by atoms with E-state index in [0.29, 0.717) is 11.8 Å². The van der Waals surface area contributed by atoms with Crippen LogP contribution in [0.4, 0.5) is 0 Å². The van der Waals surface area contributed by atoms with Gasteiger partial charge in [0.15, 0.2) is 0 Å². The summed E-state index contributed by atoms with van der Waals surface area (Å²) in [7, 11) is -2.11. The van der Waals surface area contributed by atoms with Gasteiger partial charge in [-0.1, -0.05) is 25.1 Å². The normalized spacial score (nSPS) is 24.9. The summed E-state index contributed by atoms with van der Waals surface area (Å²) in [6.07, 6.45) is 6.74. The van der Waals surface area contributed by atoms with E-state index >= 15 is 0 Å². The average molecular weight is 492 g/mol. The molecule has 3 saturated heterocycles. The van der Waals surface area contributed by atoms with Crippen molar-refractivity contribution in [2.75, 3.05) is 20.2 Å². The van der Waals surface area contributed by atoms with Gasteiger partial charge < -0.3 is 4.74 Å².